The van der Waals surface area contributed by atoms with Crippen molar-refractivity contribution in [2.24, 2.45) is 5.41 Å². The van der Waals surface area contributed by atoms with E-state index in [0.29, 0.717) is 31.0 Å². The van der Waals surface area contributed by atoms with E-state index in [1.807, 2.05) is 18.2 Å². The maximum absolute atomic E-state index is 13.0. The smallest absolute Gasteiger partial charge is 0.255 e. The zero-order valence-corrected chi connectivity index (χ0v) is 18.8. The highest BCUT2D eigenvalue weighted by molar-refractivity contribution is 6.01. The molecule has 0 aromatic heterocycles. The Kier molecular flexibility index (Phi) is 5.72. The molecule has 2 amide bonds. The van der Waals surface area contributed by atoms with Crippen molar-refractivity contribution in [2.45, 2.75) is 70.2 Å². The lowest BCUT2D eigenvalue weighted by atomic mass is 9.86. The first-order valence-electron chi connectivity index (χ1n) is 11.8. The normalized spacial score (nSPS) is 29.3. The Morgan fingerprint density at radius 3 is 2.81 bits per heavy atom. The van der Waals surface area contributed by atoms with Crippen molar-refractivity contribution in [1.29, 1.82) is 0 Å². The van der Waals surface area contributed by atoms with Gasteiger partial charge in [0.25, 0.3) is 5.91 Å². The van der Waals surface area contributed by atoms with Crippen LogP contribution in [0.15, 0.2) is 30.5 Å². The zero-order chi connectivity index (χ0) is 22.3. The molecule has 1 unspecified atom stereocenters. The van der Waals surface area contributed by atoms with Crippen LogP contribution in [0.4, 0.5) is 0 Å². The highest BCUT2D eigenvalue weighted by Gasteiger charge is 2.39. The summed E-state index contributed by atoms with van der Waals surface area (Å²) in [6, 6.07) is 5.63. The van der Waals surface area contributed by atoms with Crippen molar-refractivity contribution in [3.63, 3.8) is 0 Å². The minimum absolute atomic E-state index is 0.0765. The average molecular weight is 440 g/mol. The van der Waals surface area contributed by atoms with Crippen molar-refractivity contribution >= 4 is 11.8 Å². The summed E-state index contributed by atoms with van der Waals surface area (Å²) in [6.45, 7) is 9.12. The summed E-state index contributed by atoms with van der Waals surface area (Å²) in [5, 5.41) is 6.52. The number of carbonyl (C=O) groups excluding carboxylic acids is 2. The third kappa shape index (κ3) is 4.16. The van der Waals surface area contributed by atoms with E-state index in [1.54, 1.807) is 4.90 Å². The van der Waals surface area contributed by atoms with Gasteiger partial charge in [-0.1, -0.05) is 19.9 Å². The molecule has 1 aromatic rings. The molecule has 0 radical (unpaired) electrons. The van der Waals surface area contributed by atoms with E-state index in [1.165, 1.54) is 12.8 Å². The van der Waals surface area contributed by atoms with Crippen LogP contribution in [-0.4, -0.2) is 54.7 Å². The number of nitrogens with one attached hydrogen (secondary N) is 2. The van der Waals surface area contributed by atoms with E-state index in [9.17, 15) is 9.59 Å². The molecule has 172 valence electrons. The molecule has 0 bridgehead atoms. The number of rotatable bonds is 6. The van der Waals surface area contributed by atoms with Crippen molar-refractivity contribution in [3.8, 4) is 5.75 Å². The Hall–Kier alpha value is -2.38. The molecule has 32 heavy (non-hydrogen) atoms. The molecule has 1 aliphatic carbocycles. The van der Waals surface area contributed by atoms with Crippen LogP contribution in [0.5, 0.6) is 5.75 Å². The van der Waals surface area contributed by atoms with Gasteiger partial charge < -0.3 is 25.0 Å². The molecular weight excluding hydrogens is 406 g/mol. The SMILES string of the molecule is C=C1CCC(N2Cc3cc(O[C@@H]4CCCC[C@H]4NCC4(C)COC4)ccc3C2=O)C(=O)N1. The molecule has 1 aromatic carbocycles. The molecule has 3 aliphatic heterocycles. The van der Waals surface area contributed by atoms with E-state index < -0.39 is 6.04 Å². The van der Waals surface area contributed by atoms with Gasteiger partial charge in [-0.15, -0.1) is 0 Å². The van der Waals surface area contributed by atoms with Gasteiger partial charge in [-0.3, -0.25) is 9.59 Å². The molecule has 5 rings (SSSR count). The van der Waals surface area contributed by atoms with Gasteiger partial charge in [0.1, 0.15) is 17.9 Å². The van der Waals surface area contributed by atoms with E-state index in [-0.39, 0.29) is 23.3 Å². The van der Waals surface area contributed by atoms with Crippen molar-refractivity contribution < 1.29 is 19.1 Å². The third-order valence-corrected chi connectivity index (χ3v) is 7.29. The van der Waals surface area contributed by atoms with E-state index >= 15 is 0 Å². The Labute approximate surface area is 189 Å². The maximum Gasteiger partial charge on any atom is 0.255 e. The van der Waals surface area contributed by atoms with Crippen molar-refractivity contribution in [2.75, 3.05) is 19.8 Å². The lowest BCUT2D eigenvalue weighted by Crippen LogP contribution is -2.53. The Bertz CT molecular complexity index is 926. The molecule has 0 spiro atoms. The second kappa shape index (κ2) is 8.52. The van der Waals surface area contributed by atoms with Crippen molar-refractivity contribution in [3.05, 3.63) is 41.6 Å². The molecule has 1 saturated carbocycles. The highest BCUT2D eigenvalue weighted by atomic mass is 16.5. The summed E-state index contributed by atoms with van der Waals surface area (Å²) in [7, 11) is 0. The average Bonchev–Trinajstić information content (AvgIpc) is 3.07. The van der Waals surface area contributed by atoms with Gasteiger partial charge in [-0.2, -0.15) is 0 Å². The second-order valence-electron chi connectivity index (χ2n) is 10.1. The summed E-state index contributed by atoms with van der Waals surface area (Å²) in [5.41, 5.74) is 2.56. The lowest BCUT2D eigenvalue weighted by molar-refractivity contribution is -0.126. The minimum Gasteiger partial charge on any atom is -0.489 e. The third-order valence-electron chi connectivity index (χ3n) is 7.29. The number of hydrogen-bond donors (Lipinski definition) is 2. The van der Waals surface area contributed by atoms with E-state index in [0.717, 1.165) is 49.6 Å². The number of allylic oxidation sites excluding steroid dienone is 1. The van der Waals surface area contributed by atoms with Gasteiger partial charge >= 0.3 is 0 Å². The Morgan fingerprint density at radius 1 is 1.25 bits per heavy atom. The van der Waals surface area contributed by atoms with Gasteiger partial charge in [0.2, 0.25) is 5.91 Å². The molecule has 3 fully saturated rings. The van der Waals surface area contributed by atoms with Crippen LogP contribution in [0.3, 0.4) is 0 Å². The van der Waals surface area contributed by atoms with Crippen LogP contribution in [0, 0.1) is 5.41 Å². The quantitative estimate of drug-likeness (QED) is 0.713. The van der Waals surface area contributed by atoms with Gasteiger partial charge in [0.15, 0.2) is 0 Å². The summed E-state index contributed by atoms with van der Waals surface area (Å²) in [6.07, 6.45) is 5.96. The van der Waals surface area contributed by atoms with Crippen molar-refractivity contribution in [1.82, 2.24) is 15.5 Å². The molecule has 7 heteroatoms. The van der Waals surface area contributed by atoms with Crippen LogP contribution < -0.4 is 15.4 Å². The molecule has 7 nitrogen and oxygen atoms in total. The van der Waals surface area contributed by atoms with Crippen LogP contribution in [-0.2, 0) is 16.1 Å². The zero-order valence-electron chi connectivity index (χ0n) is 18.8. The second-order valence-corrected chi connectivity index (χ2v) is 10.1. The van der Waals surface area contributed by atoms with Crippen LogP contribution in [0.1, 0.15) is 61.4 Å². The fraction of sp³-hybridized carbons (Fsp3) is 0.600. The molecular formula is C25H33N3O4. The number of piperidine rings is 1. The lowest BCUT2D eigenvalue weighted by Gasteiger charge is -2.41. The molecule has 3 atom stereocenters. The molecule has 2 N–H and O–H groups in total. The first-order valence-corrected chi connectivity index (χ1v) is 11.8. The summed E-state index contributed by atoms with van der Waals surface area (Å²) < 4.78 is 11.8. The van der Waals surface area contributed by atoms with Gasteiger partial charge in [0.05, 0.1) is 13.2 Å². The molecule has 2 saturated heterocycles. The standard InChI is InChI=1S/C25H33N3O4/c1-16-7-10-21(23(29)27-16)28-12-17-11-18(8-9-19(17)24(28)30)32-22-6-4-3-5-20(22)26-13-25(2)14-31-15-25/h8-9,11,20-22,26H,1,3-7,10,12-15H2,2H3,(H,27,29)/t20-,21?,22-/m1/s1. The monoisotopic (exact) mass is 439 g/mol. The first kappa shape index (κ1) is 21.5. The predicted molar refractivity (Wildman–Crippen MR) is 120 cm³/mol. The predicted octanol–water partition coefficient (Wildman–Crippen LogP) is 2.75. The number of benzene rings is 1. The Balaban J connectivity index is 1.25. The minimum atomic E-state index is -0.437. The number of fused-ring (bicyclic) bond motifs is 1. The van der Waals surface area contributed by atoms with Crippen LogP contribution in [0.2, 0.25) is 0 Å². The number of nitrogens with zero attached hydrogens (tertiary/aromatic N) is 1. The number of ether oxygens (including phenoxy) is 2. The topological polar surface area (TPSA) is 79.9 Å². The maximum atomic E-state index is 13.0. The largest absolute Gasteiger partial charge is 0.489 e. The highest BCUT2D eigenvalue weighted by Crippen LogP contribution is 2.33. The fourth-order valence-corrected chi connectivity index (χ4v) is 5.28. The first-order chi connectivity index (χ1) is 15.4. The van der Waals surface area contributed by atoms with E-state index in [4.69, 9.17) is 9.47 Å². The van der Waals surface area contributed by atoms with Crippen LogP contribution in [0.25, 0.3) is 0 Å². The number of carbonyl (C=O) groups is 2. The number of hydrogen-bond acceptors (Lipinski definition) is 5. The number of amides is 2. The summed E-state index contributed by atoms with van der Waals surface area (Å²) in [4.78, 5) is 27.0. The summed E-state index contributed by atoms with van der Waals surface area (Å²) >= 11 is 0. The van der Waals surface area contributed by atoms with Gasteiger partial charge in [-0.25, -0.2) is 0 Å². The van der Waals surface area contributed by atoms with E-state index in [2.05, 4.69) is 24.1 Å². The Morgan fingerprint density at radius 2 is 2.06 bits per heavy atom. The summed E-state index contributed by atoms with van der Waals surface area (Å²) in [5.74, 6) is 0.588. The van der Waals surface area contributed by atoms with Crippen LogP contribution >= 0.6 is 0 Å². The fourth-order valence-electron chi connectivity index (χ4n) is 5.28. The molecule has 4 aliphatic rings. The van der Waals surface area contributed by atoms with Gasteiger partial charge in [0, 0.05) is 35.8 Å². The van der Waals surface area contributed by atoms with Gasteiger partial charge in [-0.05, 0) is 55.9 Å². The molecule has 3 heterocycles.